The molecule has 1 heterocycles. The first-order valence-corrected chi connectivity index (χ1v) is 6.52. The van der Waals surface area contributed by atoms with Gasteiger partial charge in [0.15, 0.2) is 5.96 Å². The van der Waals surface area contributed by atoms with Crippen molar-refractivity contribution in [1.82, 2.24) is 4.90 Å². The van der Waals surface area contributed by atoms with E-state index in [-0.39, 0.29) is 11.5 Å². The van der Waals surface area contributed by atoms with Crippen molar-refractivity contribution in [3.8, 4) is 0 Å². The molecule has 0 aromatic rings. The summed E-state index contributed by atoms with van der Waals surface area (Å²) in [6, 6.07) is 0. The molecular weight excluding hydrogens is 230 g/mol. The number of ether oxygens (including phenoxy) is 1. The third-order valence-electron chi connectivity index (χ3n) is 3.86. The molecular formula is C13H27N3O2. The third-order valence-corrected chi connectivity index (χ3v) is 3.86. The fourth-order valence-electron chi connectivity index (χ4n) is 1.60. The van der Waals surface area contributed by atoms with Crippen LogP contribution < -0.4 is 5.73 Å². The molecule has 0 bridgehead atoms. The van der Waals surface area contributed by atoms with Crippen molar-refractivity contribution in [3.05, 3.63) is 0 Å². The van der Waals surface area contributed by atoms with Crippen LogP contribution in [0.5, 0.6) is 0 Å². The SMILES string of the molecule is CC1CN(C(N)=NCC(C)(C)C(C)(C)O)CCO1. The minimum atomic E-state index is -0.783. The second-order valence-electron chi connectivity index (χ2n) is 6.24. The van der Waals surface area contributed by atoms with Gasteiger partial charge in [0.1, 0.15) is 0 Å². The van der Waals surface area contributed by atoms with E-state index < -0.39 is 5.60 Å². The Labute approximate surface area is 110 Å². The van der Waals surface area contributed by atoms with Gasteiger partial charge >= 0.3 is 0 Å². The largest absolute Gasteiger partial charge is 0.390 e. The van der Waals surface area contributed by atoms with Crippen LogP contribution in [0.4, 0.5) is 0 Å². The summed E-state index contributed by atoms with van der Waals surface area (Å²) in [7, 11) is 0. The summed E-state index contributed by atoms with van der Waals surface area (Å²) in [5.74, 6) is 0.544. The van der Waals surface area contributed by atoms with Gasteiger partial charge in [0.2, 0.25) is 0 Å². The molecule has 5 nitrogen and oxygen atoms in total. The minimum Gasteiger partial charge on any atom is -0.390 e. The maximum atomic E-state index is 10.1. The van der Waals surface area contributed by atoms with E-state index in [0.717, 1.165) is 13.1 Å². The van der Waals surface area contributed by atoms with Crippen LogP contribution in [0, 0.1) is 5.41 Å². The smallest absolute Gasteiger partial charge is 0.191 e. The third kappa shape index (κ3) is 3.85. The molecule has 0 aromatic carbocycles. The number of hydrogen-bond donors (Lipinski definition) is 2. The molecule has 1 fully saturated rings. The zero-order valence-electron chi connectivity index (χ0n) is 12.2. The highest BCUT2D eigenvalue weighted by Gasteiger charge is 2.35. The van der Waals surface area contributed by atoms with E-state index in [2.05, 4.69) is 4.99 Å². The minimum absolute atomic E-state index is 0.190. The summed E-state index contributed by atoms with van der Waals surface area (Å²) in [5.41, 5.74) is 4.91. The molecule has 0 aromatic heterocycles. The van der Waals surface area contributed by atoms with E-state index in [4.69, 9.17) is 10.5 Å². The summed E-state index contributed by atoms with van der Waals surface area (Å²) in [6.45, 7) is 12.4. The molecule has 1 rings (SSSR count). The average Bonchev–Trinajstić information content (AvgIpc) is 2.24. The van der Waals surface area contributed by atoms with Crippen molar-refractivity contribution in [2.24, 2.45) is 16.1 Å². The Hall–Kier alpha value is -0.810. The van der Waals surface area contributed by atoms with Gasteiger partial charge in [-0.2, -0.15) is 0 Å². The number of morpholine rings is 1. The quantitative estimate of drug-likeness (QED) is 0.580. The first-order chi connectivity index (χ1) is 8.13. The van der Waals surface area contributed by atoms with E-state index in [0.29, 0.717) is 19.1 Å². The lowest BCUT2D eigenvalue weighted by atomic mass is 9.77. The molecule has 5 heteroatoms. The molecule has 1 aliphatic heterocycles. The van der Waals surface area contributed by atoms with Crippen LogP contribution in [0.1, 0.15) is 34.6 Å². The summed E-state index contributed by atoms with van der Waals surface area (Å²) in [5, 5.41) is 10.1. The number of rotatable bonds is 3. The summed E-state index contributed by atoms with van der Waals surface area (Å²) in [4.78, 5) is 6.46. The Kier molecular flexibility index (Phi) is 4.61. The van der Waals surface area contributed by atoms with Crippen molar-refractivity contribution < 1.29 is 9.84 Å². The van der Waals surface area contributed by atoms with Crippen LogP contribution in [0.25, 0.3) is 0 Å². The lowest BCUT2D eigenvalue weighted by molar-refractivity contribution is -0.0294. The maximum absolute atomic E-state index is 10.1. The van der Waals surface area contributed by atoms with Gasteiger partial charge < -0.3 is 20.5 Å². The number of nitrogens with two attached hydrogens (primary N) is 1. The summed E-state index contributed by atoms with van der Waals surface area (Å²) in [6.07, 6.45) is 0.190. The highest BCUT2D eigenvalue weighted by Crippen LogP contribution is 2.30. The van der Waals surface area contributed by atoms with Crippen LogP contribution in [0.3, 0.4) is 0 Å². The molecule has 3 N–H and O–H groups in total. The van der Waals surface area contributed by atoms with E-state index >= 15 is 0 Å². The predicted molar refractivity (Wildman–Crippen MR) is 73.6 cm³/mol. The molecule has 18 heavy (non-hydrogen) atoms. The Morgan fingerprint density at radius 1 is 1.44 bits per heavy atom. The molecule has 0 saturated carbocycles. The molecule has 0 spiro atoms. The van der Waals surface area contributed by atoms with Gasteiger partial charge in [-0.25, -0.2) is 0 Å². The average molecular weight is 257 g/mol. The first-order valence-electron chi connectivity index (χ1n) is 6.52. The Bertz CT molecular complexity index is 308. The van der Waals surface area contributed by atoms with Gasteiger partial charge in [-0.15, -0.1) is 0 Å². The van der Waals surface area contributed by atoms with Gasteiger partial charge in [0.05, 0.1) is 24.9 Å². The molecule has 1 atom stereocenters. The fraction of sp³-hybridized carbons (Fsp3) is 0.923. The van der Waals surface area contributed by atoms with E-state index in [1.54, 1.807) is 13.8 Å². The second kappa shape index (κ2) is 5.45. The fourth-order valence-corrected chi connectivity index (χ4v) is 1.60. The zero-order valence-corrected chi connectivity index (χ0v) is 12.2. The Morgan fingerprint density at radius 3 is 2.56 bits per heavy atom. The highest BCUT2D eigenvalue weighted by atomic mass is 16.5. The zero-order chi connectivity index (χ0) is 14.0. The van der Waals surface area contributed by atoms with Crippen molar-refractivity contribution >= 4 is 5.96 Å². The molecule has 0 amide bonds. The van der Waals surface area contributed by atoms with Crippen LogP contribution in [-0.4, -0.2) is 53.9 Å². The monoisotopic (exact) mass is 257 g/mol. The van der Waals surface area contributed by atoms with Crippen molar-refractivity contribution in [3.63, 3.8) is 0 Å². The van der Waals surface area contributed by atoms with Gasteiger partial charge in [-0.1, -0.05) is 13.8 Å². The molecule has 1 saturated heterocycles. The van der Waals surface area contributed by atoms with Gasteiger partial charge in [0, 0.05) is 18.5 Å². The number of aliphatic hydroxyl groups is 1. The maximum Gasteiger partial charge on any atom is 0.191 e. The summed E-state index contributed by atoms with van der Waals surface area (Å²) >= 11 is 0. The normalized spacial score (nSPS) is 23.3. The van der Waals surface area contributed by atoms with Crippen LogP contribution in [0.15, 0.2) is 4.99 Å². The van der Waals surface area contributed by atoms with Crippen molar-refractivity contribution in [2.75, 3.05) is 26.2 Å². The summed E-state index contributed by atoms with van der Waals surface area (Å²) < 4.78 is 5.47. The lowest BCUT2D eigenvalue weighted by Crippen LogP contribution is -2.48. The topological polar surface area (TPSA) is 71.1 Å². The number of guanidine groups is 1. The van der Waals surface area contributed by atoms with E-state index in [1.165, 1.54) is 0 Å². The molecule has 0 radical (unpaired) electrons. The lowest BCUT2D eigenvalue weighted by Gasteiger charge is -2.37. The van der Waals surface area contributed by atoms with Gasteiger partial charge in [-0.05, 0) is 20.8 Å². The Balaban J connectivity index is 2.61. The Morgan fingerprint density at radius 2 is 2.06 bits per heavy atom. The van der Waals surface area contributed by atoms with Gasteiger partial charge in [0.25, 0.3) is 0 Å². The molecule has 1 unspecified atom stereocenters. The van der Waals surface area contributed by atoms with Crippen LogP contribution in [0.2, 0.25) is 0 Å². The van der Waals surface area contributed by atoms with Crippen LogP contribution >= 0.6 is 0 Å². The molecule has 1 aliphatic rings. The number of hydrogen-bond acceptors (Lipinski definition) is 3. The van der Waals surface area contributed by atoms with Crippen molar-refractivity contribution in [2.45, 2.75) is 46.3 Å². The first kappa shape index (κ1) is 15.2. The second-order valence-corrected chi connectivity index (χ2v) is 6.24. The number of nitrogens with zero attached hydrogens (tertiary/aromatic N) is 2. The number of aliphatic imine (C=N–C) groups is 1. The molecule has 106 valence electrons. The van der Waals surface area contributed by atoms with E-state index in [1.807, 2.05) is 25.7 Å². The van der Waals surface area contributed by atoms with Crippen molar-refractivity contribution in [1.29, 1.82) is 0 Å². The molecule has 0 aliphatic carbocycles. The van der Waals surface area contributed by atoms with Gasteiger partial charge in [-0.3, -0.25) is 4.99 Å². The van der Waals surface area contributed by atoms with Crippen LogP contribution in [-0.2, 0) is 4.74 Å². The highest BCUT2D eigenvalue weighted by molar-refractivity contribution is 5.78. The predicted octanol–water partition coefficient (Wildman–Crippen LogP) is 0.819. The standard InChI is InChI=1S/C13H27N3O2/c1-10-8-16(6-7-18-10)11(14)15-9-12(2,3)13(4,5)17/h10,17H,6-9H2,1-5H3,(H2,14,15). The van der Waals surface area contributed by atoms with E-state index in [9.17, 15) is 5.11 Å².